The van der Waals surface area contributed by atoms with E-state index in [9.17, 15) is 5.11 Å². The SMILES string of the molecule is CCl.ClCc1ccccc1.[2H]C[C@@]1(CO)COC[C@H]([B])O1.[2H]C[C@@]1(COCc2ccccc2)COC[C@H]([B])O1.[2H]C[C@@]1(COP(OCC[N+]#[C-])N(C(C)C)C(C)C)COC[C@H]([B])O1.[2H]Cl.[3H]C.[3H]OC.[3H]OC.[3H]OC.[B][C@H]1COC[C@@](CC)(CO)O1.[B][C@H]1COC[C@@](CC)(COCc2ccccc2)O1.[B][C@H]1COC[C@@](CO)(COCc2ccccc2)O1.[Na+].[OH-]. The Morgan fingerprint density at radius 2 is 0.812 bits per heavy atom. The van der Waals surface area contributed by atoms with Crippen molar-refractivity contribution in [1.29, 1.82) is 5.47 Å². The van der Waals surface area contributed by atoms with Gasteiger partial charge in [-0.05, 0) is 83.5 Å². The number of nitrogens with zero attached hydrogens (tertiary/aromatic N) is 2. The minimum absolute atomic E-state index is 0. The molecular formula is C80H133B6Cl3N2NaO24P. The van der Waals surface area contributed by atoms with E-state index in [1.165, 1.54) is 40.7 Å². The van der Waals surface area contributed by atoms with Crippen LogP contribution in [0.2, 0.25) is 0 Å². The molecule has 0 saturated carbocycles. The van der Waals surface area contributed by atoms with E-state index in [0.29, 0.717) is 118 Å². The van der Waals surface area contributed by atoms with Gasteiger partial charge in [0.15, 0.2) is 0 Å². The summed E-state index contributed by atoms with van der Waals surface area (Å²) < 4.78 is 147. The molecule has 1 unspecified atom stereocenters. The molecule has 117 heavy (non-hydrogen) atoms. The van der Waals surface area contributed by atoms with Gasteiger partial charge in [0.25, 0.3) is 8.53 Å². The molecule has 12 radical (unpaired) electrons. The Bertz CT molecular complexity index is 2860. The third-order valence-electron chi connectivity index (χ3n) is 16.0. The maximum atomic E-state index is 9.42. The molecule has 6 fully saturated rings. The predicted molar refractivity (Wildman–Crippen MR) is 463 cm³/mol. The normalized spacial score (nSPS) is 27.0. The Hall–Kier alpha value is -1.94. The van der Waals surface area contributed by atoms with Gasteiger partial charge in [-0.3, -0.25) is 0 Å². The topological polar surface area (TPSA) is 316 Å². The first-order valence-electron chi connectivity index (χ1n) is 41.7. The van der Waals surface area contributed by atoms with Crippen molar-refractivity contribution in [2.45, 2.75) is 190 Å². The van der Waals surface area contributed by atoms with Gasteiger partial charge in [-0.1, -0.05) is 143 Å². The fourth-order valence-corrected chi connectivity index (χ4v) is 12.4. The van der Waals surface area contributed by atoms with Crippen LogP contribution in [0.5, 0.6) is 0 Å². The van der Waals surface area contributed by atoms with Crippen molar-refractivity contribution in [2.24, 2.45) is 0 Å². The van der Waals surface area contributed by atoms with E-state index in [2.05, 4.69) is 83.4 Å². The summed E-state index contributed by atoms with van der Waals surface area (Å²) in [6, 6.07) is 37.4. The second-order valence-corrected chi connectivity index (χ2v) is 28.4. The molecule has 4 aromatic carbocycles. The molecule has 0 bridgehead atoms. The first-order chi connectivity index (χ1) is 59.2. The van der Waals surface area contributed by atoms with Gasteiger partial charge in [-0.15, -0.1) is 35.5 Å². The number of aliphatic hydroxyl groups excluding tert-OH is 6. The van der Waals surface area contributed by atoms with E-state index in [1.54, 1.807) is 0 Å². The predicted octanol–water partition coefficient (Wildman–Crippen LogP) is 5.40. The van der Waals surface area contributed by atoms with E-state index in [4.69, 9.17) is 167 Å². The Morgan fingerprint density at radius 1 is 0.513 bits per heavy atom. The number of hydrogen-bond donors (Lipinski definition) is 6. The fraction of sp³-hybridized carbons (Fsp3) is 0.688. The largest absolute Gasteiger partial charge is 1.00 e. The number of halogens is 3. The number of rotatable bonds is 27. The van der Waals surface area contributed by atoms with Crippen molar-refractivity contribution in [1.82, 2.24) is 4.67 Å². The third-order valence-corrected chi connectivity index (χ3v) is 18.3. The molecular weight excluding hydrogens is 1600 g/mol. The van der Waals surface area contributed by atoms with Crippen molar-refractivity contribution in [3.63, 3.8) is 0 Å². The van der Waals surface area contributed by atoms with Crippen LogP contribution in [0.1, 0.15) is 110 Å². The van der Waals surface area contributed by atoms with E-state index in [0.717, 1.165) is 29.5 Å². The standard InChI is InChI=1S/C15H28BN2O4P.C14H19BO3.C13H17BO4.C13H17BO3.C7H13BO3.C7H7Cl.C6H11BO3.CH3Cl.3CH4O.CH4.ClH.Na.H2O/c1-12(2)18(13(3)4)23(20-8-7-17-6)21-11-15(5)10-19-9-14(16)22-15;1-2-14(11-17-9-13(15)18-14)10-16-8-12-6-4-3-5-7-12;14-12-7-17-10-13(8-15,18-12)9-16-6-11-4-2-1-3-5-11;1-13(10-16-8-12(14)17-13)9-15-7-11-5-3-2-4-6-11;1-2-7(4-9)5-10-3-6(8)11-7;8-6-7-4-2-1-3-5-7;1-6(3-8)4-9-2-5(7)10-6;4*1-2;;;;/h12-14H,7-11H2,1-5H3;3-7,13H,2,8-11H2,1H3;1-5,12,15H,6-10H2;2-6,12H,7-10H2,1H3;6,9H,2-5H2,1H3;1-5H,6H2;5,8H,2-4H2,1H3;1H3;3*2H,1H3;1H4;1H;;1H2/q;;;;;;;;;;;;;+1;/p-1/t14-,15+,23?;13-,14-;2*12-,13-;6-,7-;;5-,6-;;;;;;;;/m11111.1......../s1/i5D;;;1D;;;1D;;3*2T;1T;;;/hD. The van der Waals surface area contributed by atoms with Gasteiger partial charge in [0.05, 0.1) is 145 Å². The molecule has 4 aromatic rings. The quantitative estimate of drug-likeness (QED) is 0.0143. The maximum Gasteiger partial charge on any atom is 1.00 e. The molecule has 37 heteroatoms. The van der Waals surface area contributed by atoms with E-state index in [-0.39, 0.29) is 120 Å². The summed E-state index contributed by atoms with van der Waals surface area (Å²) in [6.07, 6.45) is 3.02. The smallest absolute Gasteiger partial charge is 0.870 e. The van der Waals surface area contributed by atoms with Crippen LogP contribution in [0.3, 0.4) is 0 Å². The van der Waals surface area contributed by atoms with Crippen LogP contribution in [-0.2, 0) is 106 Å². The number of aliphatic hydroxyl groups is 6. The van der Waals surface area contributed by atoms with Crippen LogP contribution in [0.4, 0.5) is 0 Å². The van der Waals surface area contributed by atoms with Crippen LogP contribution in [0.25, 0.3) is 4.85 Å². The van der Waals surface area contributed by atoms with Crippen molar-refractivity contribution in [3.05, 3.63) is 155 Å². The Labute approximate surface area is 759 Å². The second-order valence-electron chi connectivity index (χ2n) is 26.7. The molecule has 6 heterocycles. The molecule has 0 aliphatic carbocycles. The van der Waals surface area contributed by atoms with E-state index >= 15 is 0 Å². The van der Waals surface area contributed by atoms with Crippen LogP contribution in [0.15, 0.2) is 121 Å². The third kappa shape index (κ3) is 53.9. The molecule has 6 aliphatic rings. The summed E-state index contributed by atoms with van der Waals surface area (Å²) in [5, 5.41) is 37.8. The van der Waals surface area contributed by atoms with Crippen LogP contribution in [0, 0.1) is 6.57 Å². The summed E-state index contributed by atoms with van der Waals surface area (Å²) in [7, 11) is 37.6. The molecule has 13 atom stereocenters. The van der Waals surface area contributed by atoms with Crippen molar-refractivity contribution < 1.29 is 151 Å². The van der Waals surface area contributed by atoms with Gasteiger partial charge in [-0.25, -0.2) is 11.2 Å². The van der Waals surface area contributed by atoms with Crippen LogP contribution < -0.4 is 29.6 Å². The van der Waals surface area contributed by atoms with E-state index < -0.39 is 72.1 Å². The van der Waals surface area contributed by atoms with Crippen molar-refractivity contribution >= 4 is 91.1 Å². The van der Waals surface area contributed by atoms with Crippen LogP contribution >= 0.6 is 44.1 Å². The maximum absolute atomic E-state index is 9.42. The summed E-state index contributed by atoms with van der Waals surface area (Å²) in [6.45, 7) is 26.7. The Kier molecular flexibility index (Phi) is 67.3. The summed E-state index contributed by atoms with van der Waals surface area (Å²) in [5.41, 5.74) is 0.214. The number of benzene rings is 4. The summed E-state index contributed by atoms with van der Waals surface area (Å²) >= 11 is 14.1. The summed E-state index contributed by atoms with van der Waals surface area (Å²) in [5.74, 6) is 0.612. The number of ether oxygens (including phenoxy) is 15. The zero-order valence-corrected chi connectivity index (χ0v) is 75.9. The van der Waals surface area contributed by atoms with Gasteiger partial charge in [0, 0.05) is 87.2 Å². The number of hydrogen-bond acceptors (Lipinski definition) is 25. The number of alkyl halides is 2. The molecule has 26 nitrogen and oxygen atoms in total. The molecule has 6 aliphatic heterocycles. The average Bonchev–Trinajstić information content (AvgIpc) is 0.987. The molecule has 6 saturated heterocycles. The van der Waals surface area contributed by atoms with Gasteiger partial charge in [-0.2, -0.15) is 0 Å². The van der Waals surface area contributed by atoms with Crippen molar-refractivity contribution in [3.8, 4) is 0 Å². The molecule has 0 spiro atoms. The first kappa shape index (κ1) is 107. The van der Waals surface area contributed by atoms with Crippen molar-refractivity contribution in [2.75, 3.05) is 166 Å². The monoisotopic (exact) mass is 1740 g/mol. The minimum atomic E-state index is -1.36. The molecule has 7 N–H and O–H groups in total. The zero-order valence-electron chi connectivity index (χ0n) is 78.8. The second kappa shape index (κ2) is 73.3. The van der Waals surface area contributed by atoms with Gasteiger partial charge in [0.2, 0.25) is 10.8 Å². The molecule has 652 valence electrons. The Balaban J connectivity index is -0.000000442. The van der Waals surface area contributed by atoms with Gasteiger partial charge < -0.3 is 121 Å². The van der Waals surface area contributed by atoms with Gasteiger partial charge >= 0.3 is 29.6 Å². The summed E-state index contributed by atoms with van der Waals surface area (Å²) in [4.78, 5) is 3.32. The molecule has 10 rings (SSSR count). The van der Waals surface area contributed by atoms with Crippen LogP contribution in [-0.4, -0.2) is 341 Å². The average molecular weight is 1740 g/mol. The molecule has 0 amide bonds. The minimum Gasteiger partial charge on any atom is -0.870 e. The Morgan fingerprint density at radius 3 is 1.11 bits per heavy atom. The molecule has 0 aromatic heterocycles. The van der Waals surface area contributed by atoms with Gasteiger partial charge in [0.1, 0.15) is 88.5 Å². The van der Waals surface area contributed by atoms with E-state index in [1.807, 2.05) is 128 Å². The first-order valence-corrected chi connectivity index (χ1v) is 39.4. The fourth-order valence-electron chi connectivity index (χ4n) is 10.5. The zero-order chi connectivity index (χ0) is 93.3.